The van der Waals surface area contributed by atoms with Crippen molar-refractivity contribution < 1.29 is 4.42 Å². The van der Waals surface area contributed by atoms with Gasteiger partial charge in [0.05, 0.1) is 11.2 Å². The molecule has 0 amide bonds. The summed E-state index contributed by atoms with van der Waals surface area (Å²) in [5.41, 5.74) is 7.13. The summed E-state index contributed by atoms with van der Waals surface area (Å²) in [6.07, 6.45) is 0. The van der Waals surface area contributed by atoms with E-state index in [-0.39, 0.29) is 0 Å². The minimum atomic E-state index is 0.766. The standard InChI is InChI=1S/C35H22N2O/c1-2-11-24(12-3-1)33-34(32-22-28-15-7-9-17-31(28)38-32)36-37-30(21-26-14-6-8-16-29(26)35(33)37)27-19-18-23-10-4-5-13-25(23)20-27/h1-22H. The molecule has 0 saturated heterocycles. The highest BCUT2D eigenvalue weighted by Gasteiger charge is 2.23. The number of pyridine rings is 1. The Kier molecular flexibility index (Phi) is 4.52. The van der Waals surface area contributed by atoms with Crippen molar-refractivity contribution in [3.63, 3.8) is 0 Å². The molecular weight excluding hydrogens is 464 g/mol. The lowest BCUT2D eigenvalue weighted by atomic mass is 9.98. The summed E-state index contributed by atoms with van der Waals surface area (Å²) < 4.78 is 8.49. The van der Waals surface area contributed by atoms with Crippen molar-refractivity contribution in [2.75, 3.05) is 0 Å². The van der Waals surface area contributed by atoms with Crippen LogP contribution >= 0.6 is 0 Å². The van der Waals surface area contributed by atoms with Gasteiger partial charge in [-0.1, -0.05) is 109 Å². The highest BCUT2D eigenvalue weighted by atomic mass is 16.3. The van der Waals surface area contributed by atoms with Gasteiger partial charge in [-0.25, -0.2) is 4.52 Å². The van der Waals surface area contributed by atoms with E-state index in [0.717, 1.165) is 55.7 Å². The summed E-state index contributed by atoms with van der Waals surface area (Å²) >= 11 is 0. The Morgan fingerprint density at radius 2 is 1.24 bits per heavy atom. The van der Waals surface area contributed by atoms with Gasteiger partial charge in [0.15, 0.2) is 5.76 Å². The average molecular weight is 487 g/mol. The maximum atomic E-state index is 6.39. The van der Waals surface area contributed by atoms with Crippen LogP contribution in [0.1, 0.15) is 0 Å². The second-order valence-electron chi connectivity index (χ2n) is 9.68. The molecule has 8 aromatic rings. The van der Waals surface area contributed by atoms with Gasteiger partial charge in [-0.05, 0) is 46.0 Å². The van der Waals surface area contributed by atoms with Gasteiger partial charge in [0, 0.05) is 21.9 Å². The zero-order chi connectivity index (χ0) is 25.1. The van der Waals surface area contributed by atoms with Crippen LogP contribution in [0.2, 0.25) is 0 Å². The first-order valence-electron chi connectivity index (χ1n) is 12.8. The number of hydrogen-bond donors (Lipinski definition) is 0. The summed E-state index contributed by atoms with van der Waals surface area (Å²) in [6.45, 7) is 0. The van der Waals surface area contributed by atoms with Gasteiger partial charge in [-0.3, -0.25) is 0 Å². The first-order chi connectivity index (χ1) is 18.8. The van der Waals surface area contributed by atoms with Gasteiger partial charge in [0.1, 0.15) is 11.3 Å². The van der Waals surface area contributed by atoms with Crippen LogP contribution in [-0.2, 0) is 0 Å². The number of hydrogen-bond acceptors (Lipinski definition) is 2. The molecule has 3 heterocycles. The van der Waals surface area contributed by atoms with Crippen molar-refractivity contribution in [3.05, 3.63) is 133 Å². The maximum absolute atomic E-state index is 6.39. The fourth-order valence-electron chi connectivity index (χ4n) is 5.59. The first-order valence-corrected chi connectivity index (χ1v) is 12.8. The smallest absolute Gasteiger partial charge is 0.156 e. The van der Waals surface area contributed by atoms with Crippen LogP contribution in [0.15, 0.2) is 138 Å². The van der Waals surface area contributed by atoms with Crippen LogP contribution in [0, 0.1) is 0 Å². The van der Waals surface area contributed by atoms with E-state index < -0.39 is 0 Å². The van der Waals surface area contributed by atoms with Crippen molar-refractivity contribution in [2.45, 2.75) is 0 Å². The highest BCUT2D eigenvalue weighted by Crippen LogP contribution is 2.42. The number of fused-ring (bicyclic) bond motifs is 5. The lowest BCUT2D eigenvalue weighted by Gasteiger charge is -2.11. The molecule has 0 unspecified atom stereocenters. The number of aromatic nitrogens is 2. The predicted octanol–water partition coefficient (Wildman–Crippen LogP) is 9.39. The van der Waals surface area contributed by atoms with E-state index in [1.54, 1.807) is 0 Å². The van der Waals surface area contributed by atoms with Gasteiger partial charge in [0.25, 0.3) is 0 Å². The molecule has 0 aliphatic heterocycles. The van der Waals surface area contributed by atoms with E-state index in [0.29, 0.717) is 0 Å². The second-order valence-corrected chi connectivity index (χ2v) is 9.68. The fraction of sp³-hybridized carbons (Fsp3) is 0. The normalized spacial score (nSPS) is 11.7. The Labute approximate surface area is 219 Å². The van der Waals surface area contributed by atoms with Crippen LogP contribution in [0.4, 0.5) is 0 Å². The van der Waals surface area contributed by atoms with Gasteiger partial charge in [-0.15, -0.1) is 0 Å². The Hall–Kier alpha value is -5.15. The first kappa shape index (κ1) is 21.0. The topological polar surface area (TPSA) is 30.4 Å². The van der Waals surface area contributed by atoms with E-state index in [9.17, 15) is 0 Å². The average Bonchev–Trinajstić information content (AvgIpc) is 3.59. The molecule has 3 nitrogen and oxygen atoms in total. The molecule has 8 rings (SSSR count). The predicted molar refractivity (Wildman–Crippen MR) is 156 cm³/mol. The Bertz CT molecular complexity index is 2100. The summed E-state index contributed by atoms with van der Waals surface area (Å²) in [4.78, 5) is 0. The summed E-state index contributed by atoms with van der Waals surface area (Å²) in [5, 5.41) is 11.1. The molecule has 0 aliphatic carbocycles. The quantitative estimate of drug-likeness (QED) is 0.249. The van der Waals surface area contributed by atoms with Crippen molar-refractivity contribution in [1.29, 1.82) is 0 Å². The molecule has 3 aromatic heterocycles. The van der Waals surface area contributed by atoms with Crippen molar-refractivity contribution >= 4 is 38.0 Å². The van der Waals surface area contributed by atoms with Gasteiger partial charge < -0.3 is 4.42 Å². The minimum absolute atomic E-state index is 0.766. The largest absolute Gasteiger partial charge is 0.454 e. The zero-order valence-corrected chi connectivity index (χ0v) is 20.5. The molecule has 178 valence electrons. The Morgan fingerprint density at radius 1 is 0.526 bits per heavy atom. The van der Waals surface area contributed by atoms with E-state index in [1.807, 2.05) is 18.2 Å². The van der Waals surface area contributed by atoms with Crippen molar-refractivity contribution in [1.82, 2.24) is 9.61 Å². The summed E-state index contributed by atoms with van der Waals surface area (Å²) in [6, 6.07) is 46.7. The molecule has 5 aromatic carbocycles. The van der Waals surface area contributed by atoms with Gasteiger partial charge in [-0.2, -0.15) is 5.10 Å². The van der Waals surface area contributed by atoms with E-state index >= 15 is 0 Å². The molecule has 3 heteroatoms. The van der Waals surface area contributed by atoms with E-state index in [4.69, 9.17) is 9.52 Å². The molecule has 0 spiro atoms. The summed E-state index contributed by atoms with van der Waals surface area (Å²) in [5.74, 6) is 0.766. The van der Waals surface area contributed by atoms with Crippen LogP contribution in [0.3, 0.4) is 0 Å². The molecule has 0 radical (unpaired) electrons. The van der Waals surface area contributed by atoms with Crippen molar-refractivity contribution in [2.24, 2.45) is 0 Å². The second kappa shape index (κ2) is 8.19. The van der Waals surface area contributed by atoms with Crippen LogP contribution in [-0.4, -0.2) is 9.61 Å². The number of nitrogens with zero attached hydrogens (tertiary/aromatic N) is 2. The third kappa shape index (κ3) is 3.19. The van der Waals surface area contributed by atoms with Gasteiger partial charge >= 0.3 is 0 Å². The van der Waals surface area contributed by atoms with Crippen LogP contribution < -0.4 is 0 Å². The number of benzene rings is 5. The maximum Gasteiger partial charge on any atom is 0.156 e. The monoisotopic (exact) mass is 486 g/mol. The molecule has 0 bridgehead atoms. The Balaban J connectivity index is 1.52. The Morgan fingerprint density at radius 3 is 2.08 bits per heavy atom. The number of rotatable bonds is 3. The third-order valence-corrected chi connectivity index (χ3v) is 7.39. The molecule has 0 saturated carbocycles. The molecule has 38 heavy (non-hydrogen) atoms. The number of furan rings is 1. The van der Waals surface area contributed by atoms with Crippen LogP contribution in [0.25, 0.3) is 71.9 Å². The number of para-hydroxylation sites is 1. The fourth-order valence-corrected chi connectivity index (χ4v) is 5.59. The highest BCUT2D eigenvalue weighted by molar-refractivity contribution is 6.08. The lowest BCUT2D eigenvalue weighted by molar-refractivity contribution is 0.628. The molecule has 0 fully saturated rings. The van der Waals surface area contributed by atoms with Gasteiger partial charge in [0.2, 0.25) is 0 Å². The lowest BCUT2D eigenvalue weighted by Crippen LogP contribution is -1.95. The molecule has 0 atom stereocenters. The minimum Gasteiger partial charge on any atom is -0.454 e. The van der Waals surface area contributed by atoms with E-state index in [1.165, 1.54) is 16.2 Å². The van der Waals surface area contributed by atoms with Crippen LogP contribution in [0.5, 0.6) is 0 Å². The zero-order valence-electron chi connectivity index (χ0n) is 20.5. The third-order valence-electron chi connectivity index (χ3n) is 7.39. The molecular formula is C35H22N2O. The molecule has 0 N–H and O–H groups in total. The molecule has 0 aliphatic rings. The SMILES string of the molecule is c1ccc(-c2c(-c3cc4ccccc4o3)nn3c(-c4ccc5ccccc5c4)cc4ccccc4c23)cc1. The van der Waals surface area contributed by atoms with E-state index in [2.05, 4.69) is 120 Å². The summed E-state index contributed by atoms with van der Waals surface area (Å²) in [7, 11) is 0. The van der Waals surface area contributed by atoms with Crippen molar-refractivity contribution in [3.8, 4) is 33.8 Å².